The van der Waals surface area contributed by atoms with Crippen LogP contribution in [0.2, 0.25) is 0 Å². The molecule has 2 rings (SSSR count). The first-order valence-electron chi connectivity index (χ1n) is 7.54. The van der Waals surface area contributed by atoms with Crippen molar-refractivity contribution in [1.82, 2.24) is 10.2 Å². The molecule has 0 saturated heterocycles. The second kappa shape index (κ2) is 6.15. The second-order valence-electron chi connectivity index (χ2n) is 6.32. The number of ether oxygens (including phenoxy) is 1. The molecule has 1 unspecified atom stereocenters. The molecule has 1 aliphatic rings. The number of aryl methyl sites for hydroxylation is 1. The van der Waals surface area contributed by atoms with Crippen LogP contribution in [0.15, 0.2) is 18.2 Å². The zero-order valence-corrected chi connectivity index (χ0v) is 13.5. The zero-order valence-electron chi connectivity index (χ0n) is 13.5. The van der Waals surface area contributed by atoms with E-state index in [0.717, 1.165) is 12.3 Å². The summed E-state index contributed by atoms with van der Waals surface area (Å²) in [5.74, 6) is 0.984. The second-order valence-corrected chi connectivity index (χ2v) is 6.32. The number of nitrogens with zero attached hydrogens (tertiary/aromatic N) is 1. The molecule has 20 heavy (non-hydrogen) atoms. The van der Waals surface area contributed by atoms with Crippen LogP contribution in [0.3, 0.4) is 0 Å². The standard InChI is InChI=1S/C17H28N2O/c1-13-7-8-15(16(11-13)20-5)14(2)18-12-17(19(3)4)9-6-10-17/h7-8,11,14,18H,6,9-10,12H2,1-5H3. The highest BCUT2D eigenvalue weighted by molar-refractivity contribution is 5.39. The van der Waals surface area contributed by atoms with Crippen LogP contribution in [0.1, 0.15) is 43.4 Å². The van der Waals surface area contributed by atoms with Gasteiger partial charge in [0.15, 0.2) is 0 Å². The first-order valence-corrected chi connectivity index (χ1v) is 7.54. The summed E-state index contributed by atoms with van der Waals surface area (Å²) in [6.45, 7) is 5.35. The lowest BCUT2D eigenvalue weighted by Gasteiger charge is -2.48. The lowest BCUT2D eigenvalue weighted by Crippen LogP contribution is -2.56. The van der Waals surface area contributed by atoms with Gasteiger partial charge in [0.2, 0.25) is 0 Å². The van der Waals surface area contributed by atoms with E-state index in [1.165, 1.54) is 30.4 Å². The Kier molecular flexibility index (Phi) is 4.71. The van der Waals surface area contributed by atoms with Crippen molar-refractivity contribution in [3.05, 3.63) is 29.3 Å². The van der Waals surface area contributed by atoms with Gasteiger partial charge in [0.05, 0.1) is 7.11 Å². The quantitative estimate of drug-likeness (QED) is 0.864. The number of hydrogen-bond acceptors (Lipinski definition) is 3. The Morgan fingerprint density at radius 2 is 2.05 bits per heavy atom. The van der Waals surface area contributed by atoms with Gasteiger partial charge in [-0.2, -0.15) is 0 Å². The Balaban J connectivity index is 2.03. The molecule has 3 nitrogen and oxygen atoms in total. The van der Waals surface area contributed by atoms with Gasteiger partial charge < -0.3 is 15.0 Å². The summed E-state index contributed by atoms with van der Waals surface area (Å²) < 4.78 is 5.52. The fraction of sp³-hybridized carbons (Fsp3) is 0.647. The van der Waals surface area contributed by atoms with Crippen molar-refractivity contribution in [1.29, 1.82) is 0 Å². The predicted octanol–water partition coefficient (Wildman–Crippen LogP) is 3.14. The summed E-state index contributed by atoms with van der Waals surface area (Å²) in [4.78, 5) is 2.38. The molecule has 1 aromatic rings. The summed E-state index contributed by atoms with van der Waals surface area (Å²) in [6.07, 6.45) is 3.94. The number of benzene rings is 1. The van der Waals surface area contributed by atoms with E-state index in [0.29, 0.717) is 11.6 Å². The van der Waals surface area contributed by atoms with Crippen molar-refractivity contribution < 1.29 is 4.74 Å². The molecule has 0 spiro atoms. The van der Waals surface area contributed by atoms with Crippen molar-refractivity contribution in [3.8, 4) is 5.75 Å². The Morgan fingerprint density at radius 3 is 2.55 bits per heavy atom. The molecule has 1 fully saturated rings. The normalized spacial score (nSPS) is 18.7. The largest absolute Gasteiger partial charge is 0.496 e. The van der Waals surface area contributed by atoms with Gasteiger partial charge in [-0.25, -0.2) is 0 Å². The zero-order chi connectivity index (χ0) is 14.8. The van der Waals surface area contributed by atoms with Crippen molar-refractivity contribution in [2.45, 2.75) is 44.7 Å². The number of hydrogen-bond donors (Lipinski definition) is 1. The number of nitrogens with one attached hydrogen (secondary N) is 1. The van der Waals surface area contributed by atoms with Crippen LogP contribution >= 0.6 is 0 Å². The molecule has 0 bridgehead atoms. The van der Waals surface area contributed by atoms with E-state index in [1.54, 1.807) is 7.11 Å². The SMILES string of the molecule is COc1cc(C)ccc1C(C)NCC1(N(C)C)CCC1. The van der Waals surface area contributed by atoms with Crippen molar-refractivity contribution >= 4 is 0 Å². The predicted molar refractivity (Wildman–Crippen MR) is 84.4 cm³/mol. The minimum atomic E-state index is 0.308. The molecule has 0 aromatic heterocycles. The highest BCUT2D eigenvalue weighted by atomic mass is 16.5. The topological polar surface area (TPSA) is 24.5 Å². The Bertz CT molecular complexity index is 452. The van der Waals surface area contributed by atoms with E-state index in [9.17, 15) is 0 Å². The number of likely N-dealkylation sites (N-methyl/N-ethyl adjacent to an activating group) is 1. The first-order chi connectivity index (χ1) is 9.48. The number of methoxy groups -OCH3 is 1. The van der Waals surface area contributed by atoms with E-state index >= 15 is 0 Å². The van der Waals surface area contributed by atoms with Crippen molar-refractivity contribution in [2.24, 2.45) is 0 Å². The summed E-state index contributed by atoms with van der Waals surface area (Å²) in [7, 11) is 6.13. The van der Waals surface area contributed by atoms with Crippen molar-refractivity contribution in [2.75, 3.05) is 27.7 Å². The molecular formula is C17H28N2O. The van der Waals surface area contributed by atoms with E-state index in [-0.39, 0.29) is 0 Å². The lowest BCUT2D eigenvalue weighted by atomic mass is 9.75. The molecule has 1 N–H and O–H groups in total. The van der Waals surface area contributed by atoms with Gasteiger partial charge in [0.25, 0.3) is 0 Å². The Hall–Kier alpha value is -1.06. The third kappa shape index (κ3) is 2.99. The van der Waals surface area contributed by atoms with Gasteiger partial charge in [-0.15, -0.1) is 0 Å². The molecule has 112 valence electrons. The van der Waals surface area contributed by atoms with Crippen LogP contribution in [-0.2, 0) is 0 Å². The maximum atomic E-state index is 5.52. The van der Waals surface area contributed by atoms with E-state index in [1.807, 2.05) is 0 Å². The summed E-state index contributed by atoms with van der Waals surface area (Å²) in [5.41, 5.74) is 2.83. The molecule has 1 saturated carbocycles. The molecule has 0 amide bonds. The highest BCUT2D eigenvalue weighted by Gasteiger charge is 2.38. The van der Waals surface area contributed by atoms with Gasteiger partial charge in [-0.05, 0) is 58.8 Å². The van der Waals surface area contributed by atoms with Crippen LogP contribution in [-0.4, -0.2) is 38.2 Å². The fourth-order valence-electron chi connectivity index (χ4n) is 3.00. The van der Waals surface area contributed by atoms with Crippen LogP contribution in [0.4, 0.5) is 0 Å². The van der Waals surface area contributed by atoms with Gasteiger partial charge in [0, 0.05) is 23.7 Å². The van der Waals surface area contributed by atoms with E-state index < -0.39 is 0 Å². The average molecular weight is 276 g/mol. The molecule has 1 aliphatic carbocycles. The molecule has 3 heteroatoms. The molecule has 0 aliphatic heterocycles. The third-order valence-corrected chi connectivity index (χ3v) is 4.83. The van der Waals surface area contributed by atoms with Crippen LogP contribution in [0.25, 0.3) is 0 Å². The average Bonchev–Trinajstić information content (AvgIpc) is 2.36. The maximum absolute atomic E-state index is 5.52. The summed E-state index contributed by atoms with van der Waals surface area (Å²) in [5, 5.41) is 3.70. The summed E-state index contributed by atoms with van der Waals surface area (Å²) in [6, 6.07) is 6.75. The Morgan fingerprint density at radius 1 is 1.35 bits per heavy atom. The van der Waals surface area contributed by atoms with Gasteiger partial charge in [-0.3, -0.25) is 0 Å². The third-order valence-electron chi connectivity index (χ3n) is 4.83. The molecule has 0 radical (unpaired) electrons. The molecule has 0 heterocycles. The Labute approximate surface area is 123 Å². The van der Waals surface area contributed by atoms with Gasteiger partial charge in [-0.1, -0.05) is 12.1 Å². The van der Waals surface area contributed by atoms with Crippen molar-refractivity contribution in [3.63, 3.8) is 0 Å². The number of rotatable bonds is 6. The van der Waals surface area contributed by atoms with Gasteiger partial charge in [0.1, 0.15) is 5.75 Å². The van der Waals surface area contributed by atoms with Crippen LogP contribution in [0.5, 0.6) is 5.75 Å². The van der Waals surface area contributed by atoms with Crippen LogP contribution in [0, 0.1) is 6.92 Å². The summed E-state index contributed by atoms with van der Waals surface area (Å²) >= 11 is 0. The maximum Gasteiger partial charge on any atom is 0.123 e. The lowest BCUT2D eigenvalue weighted by molar-refractivity contribution is 0.0575. The smallest absolute Gasteiger partial charge is 0.123 e. The monoisotopic (exact) mass is 276 g/mol. The highest BCUT2D eigenvalue weighted by Crippen LogP contribution is 2.36. The fourth-order valence-corrected chi connectivity index (χ4v) is 3.00. The molecular weight excluding hydrogens is 248 g/mol. The molecule has 1 aromatic carbocycles. The first kappa shape index (κ1) is 15.3. The van der Waals surface area contributed by atoms with Crippen LogP contribution < -0.4 is 10.1 Å². The molecule has 1 atom stereocenters. The van der Waals surface area contributed by atoms with E-state index in [4.69, 9.17) is 4.74 Å². The van der Waals surface area contributed by atoms with E-state index in [2.05, 4.69) is 56.4 Å². The van der Waals surface area contributed by atoms with Gasteiger partial charge >= 0.3 is 0 Å². The minimum absolute atomic E-state index is 0.308. The minimum Gasteiger partial charge on any atom is -0.496 e.